The van der Waals surface area contributed by atoms with Crippen molar-refractivity contribution in [1.29, 1.82) is 0 Å². The molecular formula is C17H26FN3. The molecule has 116 valence electrons. The Morgan fingerprint density at radius 1 is 1.29 bits per heavy atom. The van der Waals surface area contributed by atoms with Crippen LogP contribution in [0.5, 0.6) is 0 Å². The van der Waals surface area contributed by atoms with E-state index in [0.717, 1.165) is 36.9 Å². The maximum atomic E-state index is 13.5. The van der Waals surface area contributed by atoms with Crippen LogP contribution in [0.3, 0.4) is 0 Å². The number of anilines is 1. The van der Waals surface area contributed by atoms with E-state index in [0.29, 0.717) is 6.04 Å². The average Bonchev–Trinajstić information content (AvgIpc) is 3.32. The molecule has 2 heterocycles. The molecule has 4 heteroatoms. The smallest absolute Gasteiger partial charge is 0.141 e. The first-order valence-electron chi connectivity index (χ1n) is 8.39. The van der Waals surface area contributed by atoms with Crippen LogP contribution in [0.1, 0.15) is 51.0 Å². The number of hydrogen-bond donors (Lipinski definition) is 1. The van der Waals surface area contributed by atoms with Crippen LogP contribution in [0.4, 0.5) is 10.2 Å². The number of hydrogen-bond acceptors (Lipinski definition) is 3. The topological polar surface area (TPSA) is 28.2 Å². The van der Waals surface area contributed by atoms with Gasteiger partial charge in [0.05, 0.1) is 6.20 Å². The highest BCUT2D eigenvalue weighted by molar-refractivity contribution is 5.47. The summed E-state index contributed by atoms with van der Waals surface area (Å²) < 4.78 is 13.5. The fourth-order valence-corrected chi connectivity index (χ4v) is 3.22. The minimum absolute atomic E-state index is 0.229. The van der Waals surface area contributed by atoms with Crippen molar-refractivity contribution < 1.29 is 4.39 Å². The SMILES string of the molecule is CCC1CCCN(c2ncc(F)cc2CNC2CC2)CC1. The van der Waals surface area contributed by atoms with Gasteiger partial charge in [-0.1, -0.05) is 13.3 Å². The van der Waals surface area contributed by atoms with E-state index in [-0.39, 0.29) is 5.82 Å². The maximum absolute atomic E-state index is 13.5. The van der Waals surface area contributed by atoms with Crippen molar-refractivity contribution in [1.82, 2.24) is 10.3 Å². The zero-order valence-corrected chi connectivity index (χ0v) is 12.9. The van der Waals surface area contributed by atoms with E-state index < -0.39 is 0 Å². The summed E-state index contributed by atoms with van der Waals surface area (Å²) in [6, 6.07) is 2.29. The highest BCUT2D eigenvalue weighted by atomic mass is 19.1. The highest BCUT2D eigenvalue weighted by Crippen LogP contribution is 2.27. The second-order valence-corrected chi connectivity index (χ2v) is 6.48. The molecule has 1 aromatic rings. The van der Waals surface area contributed by atoms with Crippen LogP contribution >= 0.6 is 0 Å². The summed E-state index contributed by atoms with van der Waals surface area (Å²) in [5.41, 5.74) is 1.01. The van der Waals surface area contributed by atoms with Gasteiger partial charge in [0.2, 0.25) is 0 Å². The fraction of sp³-hybridized carbons (Fsp3) is 0.706. The molecule has 1 saturated carbocycles. The number of rotatable bonds is 5. The van der Waals surface area contributed by atoms with Gasteiger partial charge < -0.3 is 10.2 Å². The van der Waals surface area contributed by atoms with Crippen LogP contribution in [-0.4, -0.2) is 24.1 Å². The maximum Gasteiger partial charge on any atom is 0.141 e. The third kappa shape index (κ3) is 3.94. The third-order valence-electron chi connectivity index (χ3n) is 4.79. The first kappa shape index (κ1) is 14.8. The van der Waals surface area contributed by atoms with Gasteiger partial charge in [-0.05, 0) is 44.1 Å². The van der Waals surface area contributed by atoms with Crippen molar-refractivity contribution in [2.75, 3.05) is 18.0 Å². The molecule has 0 amide bonds. The molecule has 1 aliphatic carbocycles. The van der Waals surface area contributed by atoms with Gasteiger partial charge in [0.25, 0.3) is 0 Å². The Balaban J connectivity index is 1.72. The van der Waals surface area contributed by atoms with Crippen LogP contribution in [-0.2, 0) is 6.54 Å². The second-order valence-electron chi connectivity index (χ2n) is 6.48. The van der Waals surface area contributed by atoms with Crippen molar-refractivity contribution >= 4 is 5.82 Å². The van der Waals surface area contributed by atoms with E-state index in [4.69, 9.17) is 0 Å². The first-order chi connectivity index (χ1) is 10.3. The molecule has 1 aromatic heterocycles. The summed E-state index contributed by atoms with van der Waals surface area (Å²) in [6.45, 7) is 5.11. The third-order valence-corrected chi connectivity index (χ3v) is 4.79. The van der Waals surface area contributed by atoms with Crippen LogP contribution in [0.2, 0.25) is 0 Å². The predicted molar refractivity (Wildman–Crippen MR) is 83.9 cm³/mol. The van der Waals surface area contributed by atoms with Crippen LogP contribution in [0.15, 0.2) is 12.3 Å². The van der Waals surface area contributed by atoms with Crippen molar-refractivity contribution in [2.45, 2.75) is 58.0 Å². The Hall–Kier alpha value is -1.16. The first-order valence-corrected chi connectivity index (χ1v) is 8.39. The fourth-order valence-electron chi connectivity index (χ4n) is 3.22. The van der Waals surface area contributed by atoms with E-state index >= 15 is 0 Å². The molecule has 1 N–H and O–H groups in total. The van der Waals surface area contributed by atoms with Crippen LogP contribution < -0.4 is 10.2 Å². The molecule has 0 bridgehead atoms. The molecule has 1 saturated heterocycles. The lowest BCUT2D eigenvalue weighted by molar-refractivity contribution is 0.459. The number of aromatic nitrogens is 1. The van der Waals surface area contributed by atoms with Gasteiger partial charge in [0.1, 0.15) is 11.6 Å². The van der Waals surface area contributed by atoms with Crippen LogP contribution in [0, 0.1) is 11.7 Å². The summed E-state index contributed by atoms with van der Waals surface area (Å²) in [5.74, 6) is 1.59. The summed E-state index contributed by atoms with van der Waals surface area (Å²) in [5, 5.41) is 3.48. The van der Waals surface area contributed by atoms with E-state index in [9.17, 15) is 4.39 Å². The molecule has 2 fully saturated rings. The molecule has 0 spiro atoms. The monoisotopic (exact) mass is 291 g/mol. The van der Waals surface area contributed by atoms with Gasteiger partial charge >= 0.3 is 0 Å². The van der Waals surface area contributed by atoms with E-state index in [1.807, 2.05) is 0 Å². The van der Waals surface area contributed by atoms with Gasteiger partial charge in [-0.3, -0.25) is 0 Å². The summed E-state index contributed by atoms with van der Waals surface area (Å²) >= 11 is 0. The normalized spacial score (nSPS) is 23.1. The lowest BCUT2D eigenvalue weighted by atomic mass is 9.98. The summed E-state index contributed by atoms with van der Waals surface area (Å²) in [4.78, 5) is 6.76. The largest absolute Gasteiger partial charge is 0.356 e. The molecule has 3 nitrogen and oxygen atoms in total. The molecule has 1 unspecified atom stereocenters. The van der Waals surface area contributed by atoms with Crippen molar-refractivity contribution in [3.63, 3.8) is 0 Å². The Bertz CT molecular complexity index is 473. The van der Waals surface area contributed by atoms with E-state index in [1.165, 1.54) is 44.7 Å². The van der Waals surface area contributed by atoms with Crippen molar-refractivity contribution in [2.24, 2.45) is 5.92 Å². The van der Waals surface area contributed by atoms with Gasteiger partial charge in [-0.2, -0.15) is 0 Å². The molecule has 2 aliphatic rings. The zero-order valence-electron chi connectivity index (χ0n) is 12.9. The predicted octanol–water partition coefficient (Wildman–Crippen LogP) is 3.49. The van der Waals surface area contributed by atoms with Gasteiger partial charge in [-0.15, -0.1) is 0 Å². The summed E-state index contributed by atoms with van der Waals surface area (Å²) in [7, 11) is 0. The van der Waals surface area contributed by atoms with E-state index in [2.05, 4.69) is 22.1 Å². The molecular weight excluding hydrogens is 265 g/mol. The lowest BCUT2D eigenvalue weighted by Crippen LogP contribution is -2.28. The van der Waals surface area contributed by atoms with Crippen molar-refractivity contribution in [3.8, 4) is 0 Å². The average molecular weight is 291 g/mol. The molecule has 0 radical (unpaired) electrons. The lowest BCUT2D eigenvalue weighted by Gasteiger charge is -2.24. The molecule has 0 aromatic carbocycles. The minimum Gasteiger partial charge on any atom is -0.356 e. The Labute approximate surface area is 126 Å². The molecule has 3 rings (SSSR count). The van der Waals surface area contributed by atoms with Gasteiger partial charge in [0.15, 0.2) is 0 Å². The zero-order chi connectivity index (χ0) is 14.7. The standard InChI is InChI=1S/C17H26FN3/c1-2-13-4-3-8-21(9-7-13)17-14(10-15(18)12-20-17)11-19-16-5-6-16/h10,12-13,16,19H,2-9,11H2,1H3. The molecule has 1 aliphatic heterocycles. The Kier molecular flexibility index (Phi) is 4.73. The van der Waals surface area contributed by atoms with Gasteiger partial charge in [0, 0.05) is 31.2 Å². The Morgan fingerprint density at radius 3 is 2.90 bits per heavy atom. The minimum atomic E-state index is -0.229. The molecule has 1 atom stereocenters. The highest BCUT2D eigenvalue weighted by Gasteiger charge is 2.23. The number of nitrogens with one attached hydrogen (secondary N) is 1. The number of halogens is 1. The number of nitrogens with zero attached hydrogens (tertiary/aromatic N) is 2. The quantitative estimate of drug-likeness (QED) is 0.900. The van der Waals surface area contributed by atoms with E-state index in [1.54, 1.807) is 6.07 Å². The van der Waals surface area contributed by atoms with Crippen LogP contribution in [0.25, 0.3) is 0 Å². The second kappa shape index (κ2) is 6.73. The number of pyridine rings is 1. The summed E-state index contributed by atoms with van der Waals surface area (Å²) in [6.07, 6.45) is 8.88. The molecule has 21 heavy (non-hydrogen) atoms. The van der Waals surface area contributed by atoms with Crippen molar-refractivity contribution in [3.05, 3.63) is 23.6 Å². The van der Waals surface area contributed by atoms with Gasteiger partial charge in [-0.25, -0.2) is 9.37 Å². The Morgan fingerprint density at radius 2 is 2.14 bits per heavy atom.